The number of rotatable bonds is 10. The maximum Gasteiger partial charge on any atom is 0.339 e. The summed E-state index contributed by atoms with van der Waals surface area (Å²) >= 11 is 0. The summed E-state index contributed by atoms with van der Waals surface area (Å²) in [5.74, 6) is -4.64. The molecule has 0 bridgehead atoms. The van der Waals surface area contributed by atoms with E-state index >= 15 is 0 Å². The lowest BCUT2D eigenvalue weighted by atomic mass is 9.97. The van der Waals surface area contributed by atoms with Crippen molar-refractivity contribution in [3.63, 3.8) is 0 Å². The molecule has 14 nitrogen and oxygen atoms in total. The van der Waals surface area contributed by atoms with E-state index in [1.165, 1.54) is 26.4 Å². The second kappa shape index (κ2) is 12.9. The van der Waals surface area contributed by atoms with Crippen LogP contribution in [0.3, 0.4) is 0 Å². The summed E-state index contributed by atoms with van der Waals surface area (Å²) in [6.45, 7) is 2.44. The molecular formula is C23H28O14. The minimum absolute atomic E-state index is 0.0187. The van der Waals surface area contributed by atoms with Crippen molar-refractivity contribution in [2.24, 2.45) is 0 Å². The number of aromatic hydroxyl groups is 1. The Hall–Kier alpha value is -3.91. The van der Waals surface area contributed by atoms with Crippen molar-refractivity contribution in [2.45, 2.75) is 51.5 Å². The molecule has 0 amide bonds. The molecular weight excluding hydrogens is 500 g/mol. The molecule has 37 heavy (non-hydrogen) atoms. The van der Waals surface area contributed by atoms with Gasteiger partial charge in [-0.3, -0.25) is 19.2 Å². The largest absolute Gasteiger partial charge is 0.502 e. The van der Waals surface area contributed by atoms with Crippen LogP contribution in [0.2, 0.25) is 0 Å². The van der Waals surface area contributed by atoms with Crippen LogP contribution in [0.25, 0.3) is 0 Å². The van der Waals surface area contributed by atoms with Crippen molar-refractivity contribution in [1.29, 1.82) is 0 Å². The Morgan fingerprint density at radius 3 is 1.76 bits per heavy atom. The number of hydrogen-bond acceptors (Lipinski definition) is 14. The molecule has 0 saturated carbocycles. The molecule has 1 fully saturated rings. The summed E-state index contributed by atoms with van der Waals surface area (Å²) < 4.78 is 41.5. The Kier molecular flexibility index (Phi) is 10.2. The molecule has 1 aliphatic rings. The van der Waals surface area contributed by atoms with Crippen LogP contribution in [0, 0.1) is 0 Å². The SMILES string of the molecule is COC(=O)[C@@H]1O[C@H](OCC(=O)c2cc(OC)c(O)c(OC)c2)[C@@H](OC(C)=O)[C@H](OC(C)=O)[C@H]1OC(C)=O. The summed E-state index contributed by atoms with van der Waals surface area (Å²) in [6, 6.07) is 2.48. The number of methoxy groups -OCH3 is 3. The van der Waals surface area contributed by atoms with Crippen molar-refractivity contribution >= 4 is 29.7 Å². The normalized spacial score (nSPS) is 22.8. The highest BCUT2D eigenvalue weighted by Crippen LogP contribution is 2.37. The number of esters is 4. The van der Waals surface area contributed by atoms with Crippen molar-refractivity contribution in [1.82, 2.24) is 0 Å². The predicted octanol–water partition coefficient (Wildman–Crippen LogP) is 0.302. The molecule has 1 aliphatic heterocycles. The fourth-order valence-corrected chi connectivity index (χ4v) is 3.51. The second-order valence-electron chi connectivity index (χ2n) is 7.63. The molecule has 5 atom stereocenters. The topological polar surface area (TPSA) is 179 Å². The minimum Gasteiger partial charge on any atom is -0.502 e. The van der Waals surface area contributed by atoms with Gasteiger partial charge in [0.05, 0.1) is 21.3 Å². The Balaban J connectivity index is 2.41. The first kappa shape index (κ1) is 29.3. The highest BCUT2D eigenvalue weighted by atomic mass is 16.7. The molecule has 2 rings (SSSR count). The van der Waals surface area contributed by atoms with Gasteiger partial charge in [-0.05, 0) is 12.1 Å². The van der Waals surface area contributed by atoms with Crippen LogP contribution in [-0.4, -0.2) is 93.4 Å². The quantitative estimate of drug-likeness (QED) is 0.249. The van der Waals surface area contributed by atoms with Gasteiger partial charge in [0.25, 0.3) is 0 Å². The zero-order valence-electron chi connectivity index (χ0n) is 21.0. The van der Waals surface area contributed by atoms with Gasteiger partial charge in [0.2, 0.25) is 5.75 Å². The summed E-state index contributed by atoms with van der Waals surface area (Å²) in [5.41, 5.74) is 0.0187. The van der Waals surface area contributed by atoms with Gasteiger partial charge in [0.1, 0.15) is 6.61 Å². The van der Waals surface area contributed by atoms with Crippen molar-refractivity contribution in [3.05, 3.63) is 17.7 Å². The summed E-state index contributed by atoms with van der Waals surface area (Å²) in [6.07, 6.45) is -7.99. The average Bonchev–Trinajstić information content (AvgIpc) is 2.83. The van der Waals surface area contributed by atoms with Gasteiger partial charge in [-0.1, -0.05) is 0 Å². The standard InChI is InChI=1S/C23H28O14/c1-10(24)34-18-19(35-11(2)25)21(36-12(3)26)23(37-20(18)22(29)32-6)33-9-14(27)13-7-15(30-4)17(28)16(8-13)31-5/h7-8,18-21,23,28H,9H2,1-6H3/t18-,19-,20-,21+,23+/m1/s1. The summed E-state index contributed by atoms with van der Waals surface area (Å²) in [4.78, 5) is 60.7. The van der Waals surface area contributed by atoms with Gasteiger partial charge < -0.3 is 43.0 Å². The third-order valence-corrected chi connectivity index (χ3v) is 5.02. The Morgan fingerprint density at radius 2 is 1.30 bits per heavy atom. The highest BCUT2D eigenvalue weighted by molar-refractivity contribution is 5.98. The zero-order chi connectivity index (χ0) is 27.9. The van der Waals surface area contributed by atoms with Crippen LogP contribution >= 0.6 is 0 Å². The van der Waals surface area contributed by atoms with Crippen molar-refractivity contribution < 1.29 is 67.0 Å². The molecule has 0 radical (unpaired) electrons. The van der Waals surface area contributed by atoms with E-state index in [1.54, 1.807) is 0 Å². The molecule has 1 heterocycles. The summed E-state index contributed by atoms with van der Waals surface area (Å²) in [5, 5.41) is 10.1. The number of ether oxygens (including phenoxy) is 8. The van der Waals surface area contributed by atoms with E-state index in [0.717, 1.165) is 27.9 Å². The number of hydrogen-bond donors (Lipinski definition) is 1. The summed E-state index contributed by atoms with van der Waals surface area (Å²) in [7, 11) is 3.60. The minimum atomic E-state index is -1.67. The monoisotopic (exact) mass is 528 g/mol. The number of phenolic OH excluding ortho intramolecular Hbond substituents is 1. The van der Waals surface area contributed by atoms with Crippen LogP contribution in [0.4, 0.5) is 0 Å². The molecule has 204 valence electrons. The first-order valence-electron chi connectivity index (χ1n) is 10.8. The van der Waals surface area contributed by atoms with E-state index in [9.17, 15) is 29.1 Å². The van der Waals surface area contributed by atoms with E-state index in [2.05, 4.69) is 0 Å². The molecule has 14 heteroatoms. The van der Waals surface area contributed by atoms with Gasteiger partial charge in [-0.2, -0.15) is 0 Å². The van der Waals surface area contributed by atoms with Crippen LogP contribution in [0.5, 0.6) is 17.2 Å². The average molecular weight is 528 g/mol. The van der Waals surface area contributed by atoms with Crippen LogP contribution in [0.1, 0.15) is 31.1 Å². The molecule has 0 aromatic heterocycles. The number of phenols is 1. The van der Waals surface area contributed by atoms with E-state index < -0.39 is 67.0 Å². The fourth-order valence-electron chi connectivity index (χ4n) is 3.51. The Morgan fingerprint density at radius 1 is 0.811 bits per heavy atom. The van der Waals surface area contributed by atoms with Gasteiger partial charge in [0, 0.05) is 26.3 Å². The van der Waals surface area contributed by atoms with Crippen LogP contribution < -0.4 is 9.47 Å². The Bertz CT molecular complexity index is 1010. The van der Waals surface area contributed by atoms with Crippen LogP contribution in [-0.2, 0) is 47.6 Å². The van der Waals surface area contributed by atoms with Crippen LogP contribution in [0.15, 0.2) is 12.1 Å². The molecule has 0 aliphatic carbocycles. The van der Waals surface area contributed by atoms with E-state index in [0.29, 0.717) is 0 Å². The number of benzene rings is 1. The third kappa shape index (κ3) is 7.30. The van der Waals surface area contributed by atoms with E-state index in [-0.39, 0.29) is 22.8 Å². The van der Waals surface area contributed by atoms with Gasteiger partial charge in [0.15, 0.2) is 48.0 Å². The lowest BCUT2D eigenvalue weighted by molar-refractivity contribution is -0.299. The third-order valence-electron chi connectivity index (χ3n) is 5.02. The number of carbonyl (C=O) groups excluding carboxylic acids is 5. The number of ketones is 1. The predicted molar refractivity (Wildman–Crippen MR) is 119 cm³/mol. The second-order valence-corrected chi connectivity index (χ2v) is 7.63. The van der Waals surface area contributed by atoms with Gasteiger partial charge in [-0.25, -0.2) is 4.79 Å². The maximum absolute atomic E-state index is 12.9. The molecule has 0 unspecified atom stereocenters. The molecule has 1 saturated heterocycles. The number of Topliss-reactive ketones (excluding diaryl/α,β-unsaturated/α-hetero) is 1. The fraction of sp³-hybridized carbons (Fsp3) is 0.522. The van der Waals surface area contributed by atoms with Gasteiger partial charge >= 0.3 is 23.9 Å². The van der Waals surface area contributed by atoms with Crippen molar-refractivity contribution in [3.8, 4) is 17.2 Å². The molecule has 1 aromatic rings. The van der Waals surface area contributed by atoms with E-state index in [1.807, 2.05) is 0 Å². The van der Waals surface area contributed by atoms with E-state index in [4.69, 9.17) is 37.9 Å². The first-order chi connectivity index (χ1) is 17.4. The molecule has 0 spiro atoms. The smallest absolute Gasteiger partial charge is 0.339 e. The first-order valence-corrected chi connectivity index (χ1v) is 10.8. The van der Waals surface area contributed by atoms with Crippen molar-refractivity contribution in [2.75, 3.05) is 27.9 Å². The van der Waals surface area contributed by atoms with Gasteiger partial charge in [-0.15, -0.1) is 0 Å². The highest BCUT2D eigenvalue weighted by Gasteiger charge is 2.55. The molecule has 1 N–H and O–H groups in total. The Labute approximate surface area is 211 Å². The zero-order valence-corrected chi connectivity index (χ0v) is 21.0. The maximum atomic E-state index is 12.9. The lowest BCUT2D eigenvalue weighted by Gasteiger charge is -2.43. The molecule has 1 aromatic carbocycles. The number of carbonyl (C=O) groups is 5. The lowest BCUT2D eigenvalue weighted by Crippen LogP contribution is -2.64.